The quantitative estimate of drug-likeness (QED) is 0.786. The number of anilines is 1. The van der Waals surface area contributed by atoms with Crippen molar-refractivity contribution in [1.82, 2.24) is 25.6 Å². The molecule has 9 heteroatoms. The van der Waals surface area contributed by atoms with E-state index in [4.69, 9.17) is 0 Å². The van der Waals surface area contributed by atoms with Crippen LogP contribution in [0.5, 0.6) is 0 Å². The zero-order valence-electron chi connectivity index (χ0n) is 14.4. The standard InChI is InChI=1S/C16H22N6O3/c1-11-6-14(19-10-18-11)22-5-3-4-16(24,9-22)8-17-15(23)7-13-12(2)20-25-21-13/h6,10,24H,3-5,7-9H2,1-2H3,(H,17,23). The van der Waals surface area contributed by atoms with Crippen molar-refractivity contribution < 1.29 is 14.5 Å². The molecular weight excluding hydrogens is 324 g/mol. The number of hydrogen-bond acceptors (Lipinski definition) is 8. The van der Waals surface area contributed by atoms with Crippen molar-refractivity contribution in [2.45, 2.75) is 38.7 Å². The summed E-state index contributed by atoms with van der Waals surface area (Å²) in [6, 6.07) is 1.89. The van der Waals surface area contributed by atoms with Crippen LogP contribution in [-0.2, 0) is 11.2 Å². The van der Waals surface area contributed by atoms with Gasteiger partial charge in [-0.2, -0.15) is 0 Å². The summed E-state index contributed by atoms with van der Waals surface area (Å²) in [6.45, 7) is 5.04. The number of carbonyl (C=O) groups is 1. The van der Waals surface area contributed by atoms with E-state index in [2.05, 4.69) is 30.2 Å². The maximum Gasteiger partial charge on any atom is 0.226 e. The fourth-order valence-electron chi connectivity index (χ4n) is 2.95. The monoisotopic (exact) mass is 346 g/mol. The van der Waals surface area contributed by atoms with Gasteiger partial charge in [0.25, 0.3) is 0 Å². The highest BCUT2D eigenvalue weighted by Gasteiger charge is 2.34. The Bertz CT molecular complexity index is 749. The summed E-state index contributed by atoms with van der Waals surface area (Å²) < 4.78 is 4.59. The van der Waals surface area contributed by atoms with Crippen molar-refractivity contribution in [3.63, 3.8) is 0 Å². The smallest absolute Gasteiger partial charge is 0.226 e. The molecule has 3 heterocycles. The minimum absolute atomic E-state index is 0.0836. The minimum Gasteiger partial charge on any atom is -0.386 e. The molecule has 1 unspecified atom stereocenters. The van der Waals surface area contributed by atoms with E-state index < -0.39 is 5.60 Å². The Labute approximate surface area is 145 Å². The number of hydrogen-bond donors (Lipinski definition) is 2. The first kappa shape index (κ1) is 17.3. The molecule has 1 saturated heterocycles. The van der Waals surface area contributed by atoms with E-state index in [0.29, 0.717) is 24.4 Å². The summed E-state index contributed by atoms with van der Waals surface area (Å²) in [5.74, 6) is 0.573. The third kappa shape index (κ3) is 4.30. The van der Waals surface area contributed by atoms with Crippen molar-refractivity contribution >= 4 is 11.7 Å². The van der Waals surface area contributed by atoms with Crippen molar-refractivity contribution in [3.05, 3.63) is 29.5 Å². The van der Waals surface area contributed by atoms with Crippen LogP contribution in [0.25, 0.3) is 0 Å². The summed E-state index contributed by atoms with van der Waals surface area (Å²) in [4.78, 5) is 22.5. The van der Waals surface area contributed by atoms with Crippen LogP contribution in [-0.4, -0.2) is 56.5 Å². The van der Waals surface area contributed by atoms with E-state index in [0.717, 1.165) is 24.5 Å². The molecule has 134 valence electrons. The van der Waals surface area contributed by atoms with E-state index in [1.807, 2.05) is 17.9 Å². The van der Waals surface area contributed by atoms with Gasteiger partial charge >= 0.3 is 0 Å². The molecule has 2 N–H and O–H groups in total. The molecule has 2 aromatic heterocycles. The predicted molar refractivity (Wildman–Crippen MR) is 88.9 cm³/mol. The van der Waals surface area contributed by atoms with Crippen molar-refractivity contribution in [1.29, 1.82) is 0 Å². The van der Waals surface area contributed by atoms with Crippen LogP contribution in [0.15, 0.2) is 17.0 Å². The average Bonchev–Trinajstić information content (AvgIpc) is 2.98. The van der Waals surface area contributed by atoms with Crippen LogP contribution >= 0.6 is 0 Å². The summed E-state index contributed by atoms with van der Waals surface area (Å²) in [5.41, 5.74) is 0.983. The van der Waals surface area contributed by atoms with Gasteiger partial charge in [0.2, 0.25) is 5.91 Å². The Hall–Kier alpha value is -2.55. The number of piperidine rings is 1. The van der Waals surface area contributed by atoms with Crippen LogP contribution in [0.1, 0.15) is 29.9 Å². The molecule has 1 fully saturated rings. The molecular formula is C16H22N6O3. The zero-order chi connectivity index (χ0) is 17.9. The van der Waals surface area contributed by atoms with E-state index in [1.54, 1.807) is 6.92 Å². The summed E-state index contributed by atoms with van der Waals surface area (Å²) >= 11 is 0. The zero-order valence-corrected chi connectivity index (χ0v) is 14.4. The van der Waals surface area contributed by atoms with Gasteiger partial charge in [-0.05, 0) is 26.7 Å². The lowest BCUT2D eigenvalue weighted by atomic mass is 9.92. The Morgan fingerprint density at radius 1 is 1.40 bits per heavy atom. The number of aryl methyl sites for hydroxylation is 2. The summed E-state index contributed by atoms with van der Waals surface area (Å²) in [6.07, 6.45) is 3.05. The second-order valence-electron chi connectivity index (χ2n) is 6.52. The van der Waals surface area contributed by atoms with Gasteiger partial charge in [-0.15, -0.1) is 0 Å². The Kier molecular flexibility index (Phi) is 4.93. The Morgan fingerprint density at radius 2 is 2.24 bits per heavy atom. The molecule has 3 rings (SSSR count). The van der Waals surface area contributed by atoms with Crippen LogP contribution in [0.4, 0.5) is 5.82 Å². The molecule has 9 nitrogen and oxygen atoms in total. The first-order valence-corrected chi connectivity index (χ1v) is 8.26. The van der Waals surface area contributed by atoms with E-state index in [1.165, 1.54) is 6.33 Å². The second kappa shape index (κ2) is 7.14. The van der Waals surface area contributed by atoms with Crippen LogP contribution in [0.3, 0.4) is 0 Å². The highest BCUT2D eigenvalue weighted by atomic mass is 16.6. The number of aromatic nitrogens is 4. The van der Waals surface area contributed by atoms with Crippen molar-refractivity contribution in [2.75, 3.05) is 24.5 Å². The molecule has 0 bridgehead atoms. The fraction of sp³-hybridized carbons (Fsp3) is 0.562. The molecule has 25 heavy (non-hydrogen) atoms. The molecule has 1 amide bonds. The van der Waals surface area contributed by atoms with Crippen LogP contribution in [0.2, 0.25) is 0 Å². The number of amides is 1. The fourth-order valence-corrected chi connectivity index (χ4v) is 2.95. The molecule has 0 aromatic carbocycles. The van der Waals surface area contributed by atoms with Crippen molar-refractivity contribution in [3.8, 4) is 0 Å². The molecule has 2 aromatic rings. The predicted octanol–water partition coefficient (Wildman–Crippen LogP) is 0.167. The molecule has 0 spiro atoms. The lowest BCUT2D eigenvalue weighted by molar-refractivity contribution is -0.121. The molecule has 1 aliphatic rings. The van der Waals surface area contributed by atoms with E-state index >= 15 is 0 Å². The Balaban J connectivity index is 1.57. The third-order valence-electron chi connectivity index (χ3n) is 4.36. The van der Waals surface area contributed by atoms with Gasteiger partial charge < -0.3 is 15.3 Å². The molecule has 0 aliphatic carbocycles. The van der Waals surface area contributed by atoms with E-state index in [-0.39, 0.29) is 18.9 Å². The average molecular weight is 346 g/mol. The number of nitrogens with one attached hydrogen (secondary N) is 1. The largest absolute Gasteiger partial charge is 0.386 e. The van der Waals surface area contributed by atoms with Gasteiger partial charge in [0.15, 0.2) is 0 Å². The first-order valence-electron chi connectivity index (χ1n) is 8.26. The molecule has 1 aliphatic heterocycles. The van der Waals surface area contributed by atoms with Gasteiger partial charge in [-0.3, -0.25) is 4.79 Å². The highest BCUT2D eigenvalue weighted by Crippen LogP contribution is 2.24. The second-order valence-corrected chi connectivity index (χ2v) is 6.52. The first-order chi connectivity index (χ1) is 12.0. The SMILES string of the molecule is Cc1cc(N2CCCC(O)(CNC(=O)Cc3nonc3C)C2)ncn1. The van der Waals surface area contributed by atoms with Crippen LogP contribution < -0.4 is 10.2 Å². The summed E-state index contributed by atoms with van der Waals surface area (Å²) in [7, 11) is 0. The van der Waals surface area contributed by atoms with Crippen LogP contribution in [0, 0.1) is 13.8 Å². The highest BCUT2D eigenvalue weighted by molar-refractivity contribution is 5.78. The van der Waals surface area contributed by atoms with Gasteiger partial charge in [0.05, 0.1) is 12.0 Å². The Morgan fingerprint density at radius 3 is 2.96 bits per heavy atom. The molecule has 0 saturated carbocycles. The number of β-amino-alcohol motifs (C(OH)–C–C–N with tert-alkyl or cyclic N) is 1. The number of carbonyl (C=O) groups excluding carboxylic acids is 1. The van der Waals surface area contributed by atoms with Gasteiger partial charge in [-0.1, -0.05) is 10.3 Å². The number of aliphatic hydroxyl groups is 1. The number of rotatable bonds is 5. The molecule has 1 atom stereocenters. The van der Waals surface area contributed by atoms with E-state index in [9.17, 15) is 9.90 Å². The van der Waals surface area contributed by atoms with Gasteiger partial charge in [0, 0.05) is 31.4 Å². The van der Waals surface area contributed by atoms with Crippen molar-refractivity contribution in [2.24, 2.45) is 0 Å². The normalized spacial score (nSPS) is 20.5. The molecule has 0 radical (unpaired) electrons. The maximum atomic E-state index is 12.1. The lowest BCUT2D eigenvalue weighted by Crippen LogP contribution is -2.54. The number of nitrogens with zero attached hydrogens (tertiary/aromatic N) is 5. The third-order valence-corrected chi connectivity index (χ3v) is 4.36. The van der Waals surface area contributed by atoms with Gasteiger partial charge in [0.1, 0.15) is 23.5 Å². The lowest BCUT2D eigenvalue weighted by Gasteiger charge is -2.39. The summed E-state index contributed by atoms with van der Waals surface area (Å²) in [5, 5.41) is 21.0. The minimum atomic E-state index is -0.996. The maximum absolute atomic E-state index is 12.1. The van der Waals surface area contributed by atoms with Gasteiger partial charge in [-0.25, -0.2) is 14.6 Å². The topological polar surface area (TPSA) is 117 Å².